The third-order valence-electron chi connectivity index (χ3n) is 2.93. The molecule has 4 heteroatoms. The molecule has 0 fully saturated rings. The van der Waals surface area contributed by atoms with E-state index in [-0.39, 0.29) is 25.6 Å². The highest BCUT2D eigenvalue weighted by atomic mass is 16.6. The smallest absolute Gasteiger partial charge is 0.323 e. The van der Waals surface area contributed by atoms with E-state index in [1.54, 1.807) is 27.7 Å². The summed E-state index contributed by atoms with van der Waals surface area (Å²) in [5.41, 5.74) is -1.29. The maximum Gasteiger partial charge on any atom is 0.323 e. The molecule has 0 aliphatic carbocycles. The SMILES string of the molecule is C#CCCC(C(=O)OCC)(C(=O)OCC)C(C)C. The van der Waals surface area contributed by atoms with Gasteiger partial charge in [-0.3, -0.25) is 9.59 Å². The maximum atomic E-state index is 12.1. The van der Waals surface area contributed by atoms with Gasteiger partial charge in [-0.25, -0.2) is 0 Å². The summed E-state index contributed by atoms with van der Waals surface area (Å²) in [6.07, 6.45) is 5.81. The summed E-state index contributed by atoms with van der Waals surface area (Å²) in [6.45, 7) is 7.45. The van der Waals surface area contributed by atoms with Crippen molar-refractivity contribution in [1.29, 1.82) is 0 Å². The first-order chi connectivity index (χ1) is 8.47. The lowest BCUT2D eigenvalue weighted by Gasteiger charge is -2.32. The summed E-state index contributed by atoms with van der Waals surface area (Å²) in [5.74, 6) is 1.13. The predicted molar refractivity (Wildman–Crippen MR) is 68.6 cm³/mol. The van der Waals surface area contributed by atoms with Crippen molar-refractivity contribution in [2.75, 3.05) is 13.2 Å². The first-order valence-corrected chi connectivity index (χ1v) is 6.25. The van der Waals surface area contributed by atoms with Gasteiger partial charge in [0.15, 0.2) is 5.41 Å². The Morgan fingerprint density at radius 1 is 1.17 bits per heavy atom. The Morgan fingerprint density at radius 2 is 1.61 bits per heavy atom. The fourth-order valence-corrected chi connectivity index (χ4v) is 1.84. The van der Waals surface area contributed by atoms with E-state index in [0.29, 0.717) is 6.42 Å². The van der Waals surface area contributed by atoms with Gasteiger partial charge in [0.25, 0.3) is 0 Å². The van der Waals surface area contributed by atoms with Crippen LogP contribution in [0.15, 0.2) is 0 Å². The standard InChI is InChI=1S/C14H22O4/c1-6-9-10-14(11(4)5,12(15)17-7-2)13(16)18-8-3/h1,11H,7-10H2,2-5H3. The van der Waals surface area contributed by atoms with Crippen molar-refractivity contribution in [2.24, 2.45) is 11.3 Å². The Morgan fingerprint density at radius 3 is 1.89 bits per heavy atom. The highest BCUT2D eigenvalue weighted by Crippen LogP contribution is 2.36. The number of carbonyl (C=O) groups excluding carboxylic acids is 2. The van der Waals surface area contributed by atoms with Crippen LogP contribution in [-0.4, -0.2) is 25.2 Å². The van der Waals surface area contributed by atoms with Crippen LogP contribution in [0.2, 0.25) is 0 Å². The average Bonchev–Trinajstić information content (AvgIpc) is 2.30. The van der Waals surface area contributed by atoms with Crippen LogP contribution < -0.4 is 0 Å². The molecule has 0 rings (SSSR count). The minimum absolute atomic E-state index is 0.225. The van der Waals surface area contributed by atoms with Crippen LogP contribution in [0.3, 0.4) is 0 Å². The fourth-order valence-electron chi connectivity index (χ4n) is 1.84. The number of ether oxygens (including phenoxy) is 2. The van der Waals surface area contributed by atoms with Crippen LogP contribution in [0.5, 0.6) is 0 Å². The van der Waals surface area contributed by atoms with Crippen molar-refractivity contribution in [3.8, 4) is 12.3 Å². The third kappa shape index (κ3) is 3.49. The molecule has 0 aromatic rings. The molecule has 0 N–H and O–H groups in total. The van der Waals surface area contributed by atoms with Gasteiger partial charge in [-0.15, -0.1) is 12.3 Å². The summed E-state index contributed by atoms with van der Waals surface area (Å²) >= 11 is 0. The van der Waals surface area contributed by atoms with E-state index in [1.807, 2.05) is 0 Å². The molecule has 0 aromatic heterocycles. The Labute approximate surface area is 109 Å². The second-order valence-electron chi connectivity index (χ2n) is 4.27. The molecule has 4 nitrogen and oxygen atoms in total. The van der Waals surface area contributed by atoms with Crippen LogP contribution in [0.4, 0.5) is 0 Å². The second-order valence-corrected chi connectivity index (χ2v) is 4.27. The highest BCUT2D eigenvalue weighted by molar-refractivity contribution is 6.00. The number of rotatable bonds is 7. The molecule has 0 spiro atoms. The van der Waals surface area contributed by atoms with Gasteiger partial charge in [-0.1, -0.05) is 13.8 Å². The number of esters is 2. The summed E-state index contributed by atoms with van der Waals surface area (Å²) in [5, 5.41) is 0. The summed E-state index contributed by atoms with van der Waals surface area (Å²) in [4.78, 5) is 24.3. The lowest BCUT2D eigenvalue weighted by Crippen LogP contribution is -2.46. The van der Waals surface area contributed by atoms with E-state index < -0.39 is 17.4 Å². The molecule has 0 aliphatic heterocycles. The Kier molecular flexibility index (Phi) is 7.11. The summed E-state index contributed by atoms with van der Waals surface area (Å²) in [6, 6.07) is 0. The maximum absolute atomic E-state index is 12.1. The van der Waals surface area contributed by atoms with Crippen molar-refractivity contribution in [3.63, 3.8) is 0 Å². The molecule has 0 aromatic carbocycles. The predicted octanol–water partition coefficient (Wildman–Crippen LogP) is 2.17. The van der Waals surface area contributed by atoms with E-state index in [1.165, 1.54) is 0 Å². The molecule has 0 radical (unpaired) electrons. The van der Waals surface area contributed by atoms with Crippen molar-refractivity contribution >= 4 is 11.9 Å². The second kappa shape index (κ2) is 7.75. The van der Waals surface area contributed by atoms with Gasteiger partial charge in [0.1, 0.15) is 0 Å². The van der Waals surface area contributed by atoms with Crippen LogP contribution in [-0.2, 0) is 19.1 Å². The Balaban J connectivity index is 5.35. The van der Waals surface area contributed by atoms with E-state index in [2.05, 4.69) is 5.92 Å². The van der Waals surface area contributed by atoms with Crippen LogP contribution in [0.25, 0.3) is 0 Å². The molecule has 0 heterocycles. The first kappa shape index (κ1) is 16.5. The Bertz CT molecular complexity index is 307. The van der Waals surface area contributed by atoms with E-state index in [9.17, 15) is 9.59 Å². The zero-order valence-electron chi connectivity index (χ0n) is 11.6. The van der Waals surface area contributed by atoms with Gasteiger partial charge in [0.05, 0.1) is 13.2 Å². The molecular weight excluding hydrogens is 232 g/mol. The van der Waals surface area contributed by atoms with Crippen molar-refractivity contribution < 1.29 is 19.1 Å². The lowest BCUT2D eigenvalue weighted by atomic mass is 9.73. The summed E-state index contributed by atoms with van der Waals surface area (Å²) < 4.78 is 10.0. The normalized spacial score (nSPS) is 10.9. The number of carbonyl (C=O) groups is 2. The largest absolute Gasteiger partial charge is 0.465 e. The molecule has 0 unspecified atom stereocenters. The third-order valence-corrected chi connectivity index (χ3v) is 2.93. The first-order valence-electron chi connectivity index (χ1n) is 6.25. The van der Waals surface area contributed by atoms with Crippen LogP contribution >= 0.6 is 0 Å². The van der Waals surface area contributed by atoms with Crippen molar-refractivity contribution in [3.05, 3.63) is 0 Å². The summed E-state index contributed by atoms with van der Waals surface area (Å²) in [7, 11) is 0. The van der Waals surface area contributed by atoms with E-state index in [4.69, 9.17) is 15.9 Å². The molecule has 18 heavy (non-hydrogen) atoms. The van der Waals surface area contributed by atoms with Gasteiger partial charge < -0.3 is 9.47 Å². The van der Waals surface area contributed by atoms with Crippen LogP contribution in [0, 0.1) is 23.7 Å². The minimum atomic E-state index is -1.29. The molecule has 0 aliphatic rings. The lowest BCUT2D eigenvalue weighted by molar-refractivity contribution is -0.176. The molecule has 102 valence electrons. The van der Waals surface area contributed by atoms with E-state index in [0.717, 1.165) is 0 Å². The molecule has 0 saturated carbocycles. The molecule has 0 atom stereocenters. The molecule has 0 amide bonds. The number of hydrogen-bond acceptors (Lipinski definition) is 4. The highest BCUT2D eigenvalue weighted by Gasteiger charge is 2.50. The number of terminal acetylenes is 1. The van der Waals surface area contributed by atoms with E-state index >= 15 is 0 Å². The number of hydrogen-bond donors (Lipinski definition) is 0. The molecule has 0 saturated heterocycles. The Hall–Kier alpha value is -1.50. The zero-order valence-corrected chi connectivity index (χ0v) is 11.6. The van der Waals surface area contributed by atoms with Crippen LogP contribution in [0.1, 0.15) is 40.5 Å². The molecule has 0 bridgehead atoms. The topological polar surface area (TPSA) is 52.6 Å². The average molecular weight is 254 g/mol. The van der Waals surface area contributed by atoms with Crippen molar-refractivity contribution in [1.82, 2.24) is 0 Å². The van der Waals surface area contributed by atoms with Gasteiger partial charge in [0.2, 0.25) is 0 Å². The zero-order chi connectivity index (χ0) is 14.2. The van der Waals surface area contributed by atoms with Gasteiger partial charge >= 0.3 is 11.9 Å². The van der Waals surface area contributed by atoms with Gasteiger partial charge in [-0.05, 0) is 26.2 Å². The van der Waals surface area contributed by atoms with Gasteiger partial charge in [0, 0.05) is 6.42 Å². The monoisotopic (exact) mass is 254 g/mol. The van der Waals surface area contributed by atoms with Gasteiger partial charge in [-0.2, -0.15) is 0 Å². The quantitative estimate of drug-likeness (QED) is 0.397. The minimum Gasteiger partial charge on any atom is -0.465 e. The van der Waals surface area contributed by atoms with Crippen molar-refractivity contribution in [2.45, 2.75) is 40.5 Å². The fraction of sp³-hybridized carbons (Fsp3) is 0.714. The molecular formula is C14H22O4.